The molecular weight excluding hydrogens is 424 g/mol. The lowest BCUT2D eigenvalue weighted by Crippen LogP contribution is -2.36. The molecular formula is C24H26N4O3S. The van der Waals surface area contributed by atoms with Crippen LogP contribution in [0.15, 0.2) is 60.9 Å². The molecule has 2 aromatic carbocycles. The average molecular weight is 451 g/mol. The highest BCUT2D eigenvalue weighted by molar-refractivity contribution is 7.88. The van der Waals surface area contributed by atoms with E-state index in [1.807, 2.05) is 56.3 Å². The van der Waals surface area contributed by atoms with Gasteiger partial charge in [0.05, 0.1) is 24.8 Å². The zero-order chi connectivity index (χ0) is 22.9. The molecule has 0 aliphatic rings. The van der Waals surface area contributed by atoms with Crippen LogP contribution in [0.2, 0.25) is 0 Å². The van der Waals surface area contributed by atoms with Crippen molar-refractivity contribution in [3.63, 3.8) is 0 Å². The van der Waals surface area contributed by atoms with E-state index in [4.69, 9.17) is 9.72 Å². The Morgan fingerprint density at radius 1 is 1.00 bits per heavy atom. The van der Waals surface area contributed by atoms with Gasteiger partial charge in [-0.1, -0.05) is 32.0 Å². The molecule has 0 bridgehead atoms. The quantitative estimate of drug-likeness (QED) is 0.441. The molecule has 166 valence electrons. The van der Waals surface area contributed by atoms with Crippen molar-refractivity contribution in [2.24, 2.45) is 0 Å². The number of H-pyrrole nitrogens is 1. The topological polar surface area (TPSA) is 97.0 Å². The monoisotopic (exact) mass is 450 g/mol. The molecule has 0 saturated heterocycles. The minimum Gasteiger partial charge on any atom is -0.497 e. The molecule has 0 amide bonds. The van der Waals surface area contributed by atoms with Gasteiger partial charge in [0.2, 0.25) is 10.0 Å². The molecule has 0 fully saturated rings. The standard InChI is InChI=1S/C24H26N4O3S/c1-24(2,15-26-32(4,29)30)23-27-21(16-9-11-25-12-10-16)22(28-23)19-6-5-18-14-20(31-3)8-7-17(18)13-19/h5-14,26H,15H2,1-4H3,(H,27,28). The Hall–Kier alpha value is -3.23. The van der Waals surface area contributed by atoms with Gasteiger partial charge in [0.25, 0.3) is 0 Å². The first kappa shape index (κ1) is 22.0. The number of rotatable bonds is 7. The van der Waals surface area contributed by atoms with E-state index in [1.54, 1.807) is 19.5 Å². The number of hydrogen-bond acceptors (Lipinski definition) is 5. The normalized spacial score (nSPS) is 12.2. The molecule has 2 N–H and O–H groups in total. The van der Waals surface area contributed by atoms with Crippen molar-refractivity contribution >= 4 is 20.8 Å². The van der Waals surface area contributed by atoms with Crippen LogP contribution in [-0.4, -0.2) is 43.3 Å². The number of aromatic amines is 1. The van der Waals surface area contributed by atoms with E-state index in [0.717, 1.165) is 45.3 Å². The summed E-state index contributed by atoms with van der Waals surface area (Å²) in [5, 5.41) is 2.15. The fraction of sp³-hybridized carbons (Fsp3) is 0.250. The number of nitrogens with one attached hydrogen (secondary N) is 2. The molecule has 2 aromatic heterocycles. The summed E-state index contributed by atoms with van der Waals surface area (Å²) in [7, 11) is -1.66. The largest absolute Gasteiger partial charge is 0.497 e. The summed E-state index contributed by atoms with van der Waals surface area (Å²) >= 11 is 0. The van der Waals surface area contributed by atoms with Crippen molar-refractivity contribution in [3.05, 3.63) is 66.7 Å². The summed E-state index contributed by atoms with van der Waals surface area (Å²) in [5.41, 5.74) is 3.03. The highest BCUT2D eigenvalue weighted by Crippen LogP contribution is 2.35. The smallest absolute Gasteiger partial charge is 0.208 e. The Kier molecular flexibility index (Phi) is 5.75. The minimum atomic E-state index is -3.31. The van der Waals surface area contributed by atoms with Crippen LogP contribution in [0.4, 0.5) is 0 Å². The van der Waals surface area contributed by atoms with Crippen molar-refractivity contribution in [1.82, 2.24) is 19.7 Å². The first-order valence-corrected chi connectivity index (χ1v) is 12.1. The van der Waals surface area contributed by atoms with E-state index in [-0.39, 0.29) is 6.54 Å². The van der Waals surface area contributed by atoms with Gasteiger partial charge in [-0.15, -0.1) is 0 Å². The third-order valence-electron chi connectivity index (χ3n) is 5.41. The van der Waals surface area contributed by atoms with Crippen LogP contribution >= 0.6 is 0 Å². The van der Waals surface area contributed by atoms with Crippen LogP contribution in [-0.2, 0) is 15.4 Å². The number of pyridine rings is 1. The summed E-state index contributed by atoms with van der Waals surface area (Å²) in [4.78, 5) is 12.5. The predicted octanol–water partition coefficient (Wildman–Crippen LogP) is 4.13. The fourth-order valence-corrected chi connectivity index (χ4v) is 4.15. The molecule has 8 heteroatoms. The van der Waals surface area contributed by atoms with Gasteiger partial charge in [-0.3, -0.25) is 4.98 Å². The summed E-state index contributed by atoms with van der Waals surface area (Å²) < 4.78 is 31.2. The lowest BCUT2D eigenvalue weighted by molar-refractivity contribution is 0.415. The Balaban J connectivity index is 1.82. The van der Waals surface area contributed by atoms with Crippen molar-refractivity contribution < 1.29 is 13.2 Å². The van der Waals surface area contributed by atoms with Gasteiger partial charge in [-0.25, -0.2) is 18.1 Å². The number of hydrogen-bond donors (Lipinski definition) is 2. The average Bonchev–Trinajstić information content (AvgIpc) is 3.24. The Morgan fingerprint density at radius 2 is 1.69 bits per heavy atom. The number of aromatic nitrogens is 3. The molecule has 32 heavy (non-hydrogen) atoms. The Morgan fingerprint density at radius 3 is 2.38 bits per heavy atom. The van der Waals surface area contributed by atoms with E-state index in [1.165, 1.54) is 0 Å². The SMILES string of the molecule is COc1ccc2cc(-c3nc(C(C)(C)CNS(C)(=O)=O)[nH]c3-c3ccncc3)ccc2c1. The second-order valence-corrected chi connectivity index (χ2v) is 10.3. The summed E-state index contributed by atoms with van der Waals surface area (Å²) in [6.45, 7) is 4.14. The zero-order valence-corrected chi connectivity index (χ0v) is 19.3. The second-order valence-electron chi connectivity index (χ2n) is 8.45. The Labute approximate surface area is 187 Å². The van der Waals surface area contributed by atoms with Crippen LogP contribution in [0.5, 0.6) is 5.75 Å². The molecule has 0 spiro atoms. The zero-order valence-electron chi connectivity index (χ0n) is 18.5. The number of ether oxygens (including phenoxy) is 1. The highest BCUT2D eigenvalue weighted by atomic mass is 32.2. The van der Waals surface area contributed by atoms with E-state index < -0.39 is 15.4 Å². The van der Waals surface area contributed by atoms with Crippen LogP contribution in [0.1, 0.15) is 19.7 Å². The molecule has 0 saturated carbocycles. The van der Waals surface area contributed by atoms with E-state index in [2.05, 4.69) is 20.8 Å². The number of fused-ring (bicyclic) bond motifs is 1. The number of imidazole rings is 1. The maximum absolute atomic E-state index is 11.6. The third-order valence-corrected chi connectivity index (χ3v) is 6.08. The molecule has 2 heterocycles. The molecule has 4 aromatic rings. The summed E-state index contributed by atoms with van der Waals surface area (Å²) in [6.07, 6.45) is 4.63. The first-order chi connectivity index (χ1) is 15.2. The van der Waals surface area contributed by atoms with Crippen molar-refractivity contribution in [2.75, 3.05) is 19.9 Å². The van der Waals surface area contributed by atoms with Gasteiger partial charge >= 0.3 is 0 Å². The lowest BCUT2D eigenvalue weighted by Gasteiger charge is -2.22. The molecule has 7 nitrogen and oxygen atoms in total. The summed E-state index contributed by atoms with van der Waals surface area (Å²) in [6, 6.07) is 16.0. The van der Waals surface area contributed by atoms with E-state index >= 15 is 0 Å². The van der Waals surface area contributed by atoms with Crippen LogP contribution in [0, 0.1) is 0 Å². The summed E-state index contributed by atoms with van der Waals surface area (Å²) in [5.74, 6) is 1.51. The van der Waals surface area contributed by atoms with Gasteiger partial charge in [0, 0.05) is 35.5 Å². The van der Waals surface area contributed by atoms with Crippen LogP contribution < -0.4 is 9.46 Å². The fourth-order valence-electron chi connectivity index (χ4n) is 3.52. The molecule has 4 rings (SSSR count). The number of nitrogens with zero attached hydrogens (tertiary/aromatic N) is 2. The predicted molar refractivity (Wildman–Crippen MR) is 127 cm³/mol. The molecule has 0 aliphatic carbocycles. The number of benzene rings is 2. The van der Waals surface area contributed by atoms with Crippen molar-refractivity contribution in [1.29, 1.82) is 0 Å². The van der Waals surface area contributed by atoms with E-state index in [0.29, 0.717) is 5.82 Å². The van der Waals surface area contributed by atoms with Crippen LogP contribution in [0.3, 0.4) is 0 Å². The van der Waals surface area contributed by atoms with Gasteiger partial charge in [-0.2, -0.15) is 0 Å². The highest BCUT2D eigenvalue weighted by Gasteiger charge is 2.28. The number of methoxy groups -OCH3 is 1. The lowest BCUT2D eigenvalue weighted by atomic mass is 9.93. The number of sulfonamides is 1. The van der Waals surface area contributed by atoms with Crippen molar-refractivity contribution in [3.8, 4) is 28.3 Å². The molecule has 0 radical (unpaired) electrons. The van der Waals surface area contributed by atoms with Crippen molar-refractivity contribution in [2.45, 2.75) is 19.3 Å². The van der Waals surface area contributed by atoms with Gasteiger partial charge in [0.1, 0.15) is 11.6 Å². The first-order valence-electron chi connectivity index (χ1n) is 10.2. The minimum absolute atomic E-state index is 0.228. The molecule has 0 aliphatic heterocycles. The maximum atomic E-state index is 11.6. The third kappa shape index (κ3) is 4.66. The van der Waals surface area contributed by atoms with Gasteiger partial charge in [-0.05, 0) is 41.1 Å². The Bertz CT molecular complexity index is 1360. The second kappa shape index (κ2) is 8.37. The molecule has 0 atom stereocenters. The molecule has 0 unspecified atom stereocenters. The van der Waals surface area contributed by atoms with E-state index in [9.17, 15) is 8.42 Å². The van der Waals surface area contributed by atoms with Gasteiger partial charge in [0.15, 0.2) is 0 Å². The maximum Gasteiger partial charge on any atom is 0.208 e. The van der Waals surface area contributed by atoms with Crippen LogP contribution in [0.25, 0.3) is 33.3 Å². The van der Waals surface area contributed by atoms with Gasteiger partial charge < -0.3 is 9.72 Å².